The van der Waals surface area contributed by atoms with Crippen LogP contribution in [0.3, 0.4) is 0 Å². The maximum absolute atomic E-state index is 12.8. The summed E-state index contributed by atoms with van der Waals surface area (Å²) >= 11 is 0. The molecule has 0 bridgehead atoms. The summed E-state index contributed by atoms with van der Waals surface area (Å²) in [6.45, 7) is 5.65. The van der Waals surface area contributed by atoms with Crippen molar-refractivity contribution >= 4 is 11.8 Å². The van der Waals surface area contributed by atoms with Crippen LogP contribution in [-0.2, 0) is 26.2 Å². The van der Waals surface area contributed by atoms with E-state index in [0.29, 0.717) is 32.2 Å². The molecular formula is C27H36N2O4. The SMILES string of the molecule is CC1(C)C[C@](CCNC(=O)CC[C@]2(Cc3ccco3)CCC(=O)N2)(c2ccccc2)CCO1. The first-order chi connectivity index (χ1) is 15.8. The van der Waals surface area contributed by atoms with Crippen LogP contribution in [0.4, 0.5) is 0 Å². The zero-order valence-electron chi connectivity index (χ0n) is 19.8. The normalized spacial score (nSPS) is 26.7. The maximum Gasteiger partial charge on any atom is 0.220 e. The summed E-state index contributed by atoms with van der Waals surface area (Å²) in [6.07, 6.45) is 7.24. The molecule has 2 aliphatic rings. The smallest absolute Gasteiger partial charge is 0.220 e. The number of hydrogen-bond acceptors (Lipinski definition) is 4. The molecule has 2 atom stereocenters. The van der Waals surface area contributed by atoms with Gasteiger partial charge < -0.3 is 19.8 Å². The van der Waals surface area contributed by atoms with Gasteiger partial charge >= 0.3 is 0 Å². The Morgan fingerprint density at radius 3 is 2.58 bits per heavy atom. The third-order valence-electron chi connectivity index (χ3n) is 7.31. The molecule has 2 saturated heterocycles. The van der Waals surface area contributed by atoms with E-state index >= 15 is 0 Å². The summed E-state index contributed by atoms with van der Waals surface area (Å²) in [5.74, 6) is 0.919. The number of nitrogens with one attached hydrogen (secondary N) is 2. The van der Waals surface area contributed by atoms with E-state index in [9.17, 15) is 9.59 Å². The lowest BCUT2D eigenvalue weighted by Gasteiger charge is -2.45. The molecular weight excluding hydrogens is 416 g/mol. The number of carbonyl (C=O) groups is 2. The van der Waals surface area contributed by atoms with Crippen LogP contribution in [0.15, 0.2) is 53.1 Å². The summed E-state index contributed by atoms with van der Waals surface area (Å²) in [6, 6.07) is 14.4. The Morgan fingerprint density at radius 1 is 1.09 bits per heavy atom. The van der Waals surface area contributed by atoms with E-state index in [0.717, 1.165) is 38.1 Å². The fourth-order valence-corrected chi connectivity index (χ4v) is 5.68. The van der Waals surface area contributed by atoms with Gasteiger partial charge in [0.25, 0.3) is 0 Å². The van der Waals surface area contributed by atoms with Crippen LogP contribution in [-0.4, -0.2) is 36.1 Å². The first-order valence-electron chi connectivity index (χ1n) is 12.1. The van der Waals surface area contributed by atoms with Crippen molar-refractivity contribution in [1.82, 2.24) is 10.6 Å². The van der Waals surface area contributed by atoms with Crippen molar-refractivity contribution in [2.24, 2.45) is 0 Å². The van der Waals surface area contributed by atoms with Crippen molar-refractivity contribution < 1.29 is 18.7 Å². The van der Waals surface area contributed by atoms with Crippen LogP contribution in [0.1, 0.15) is 70.1 Å². The van der Waals surface area contributed by atoms with Gasteiger partial charge in [-0.15, -0.1) is 0 Å². The fraction of sp³-hybridized carbons (Fsp3) is 0.556. The van der Waals surface area contributed by atoms with E-state index < -0.39 is 5.54 Å². The Bertz CT molecular complexity index is 940. The molecule has 1 aromatic heterocycles. The lowest BCUT2D eigenvalue weighted by atomic mass is 9.67. The molecule has 2 aliphatic heterocycles. The summed E-state index contributed by atoms with van der Waals surface area (Å²) in [5, 5.41) is 6.26. The molecule has 33 heavy (non-hydrogen) atoms. The first-order valence-corrected chi connectivity index (χ1v) is 12.1. The minimum atomic E-state index is -0.401. The topological polar surface area (TPSA) is 80.6 Å². The molecule has 0 aliphatic carbocycles. The quantitative estimate of drug-likeness (QED) is 0.595. The molecule has 0 unspecified atom stereocenters. The molecule has 3 heterocycles. The van der Waals surface area contributed by atoms with Crippen molar-refractivity contribution in [3.05, 3.63) is 60.1 Å². The van der Waals surface area contributed by atoms with Gasteiger partial charge in [0.05, 0.1) is 11.9 Å². The highest BCUT2D eigenvalue weighted by Crippen LogP contribution is 2.43. The molecule has 2 amide bonds. The van der Waals surface area contributed by atoms with Crippen molar-refractivity contribution in [3.63, 3.8) is 0 Å². The Kier molecular flexibility index (Phi) is 6.94. The van der Waals surface area contributed by atoms with Gasteiger partial charge in [0, 0.05) is 43.4 Å². The summed E-state index contributed by atoms with van der Waals surface area (Å²) in [5.41, 5.74) is 0.733. The molecule has 2 fully saturated rings. The van der Waals surface area contributed by atoms with E-state index in [4.69, 9.17) is 9.15 Å². The number of ether oxygens (including phenoxy) is 1. The molecule has 4 rings (SSSR count). The summed E-state index contributed by atoms with van der Waals surface area (Å²) in [7, 11) is 0. The van der Waals surface area contributed by atoms with Crippen molar-refractivity contribution in [3.8, 4) is 0 Å². The molecule has 178 valence electrons. The molecule has 0 saturated carbocycles. The third-order valence-corrected chi connectivity index (χ3v) is 7.31. The standard InChI is InChI=1S/C27H36N2O4/c1-25(2)20-26(15-18-33-25,21-7-4-3-5-8-21)14-16-28-23(30)10-12-27(13-11-24(31)29-27)19-22-9-6-17-32-22/h3-9,17H,10-16,18-20H2,1-2H3,(H,28,30)(H,29,31)/t26-,27-/m1/s1. The molecule has 2 N–H and O–H groups in total. The van der Waals surface area contributed by atoms with Gasteiger partial charge in [-0.2, -0.15) is 0 Å². The highest BCUT2D eigenvalue weighted by Gasteiger charge is 2.42. The zero-order chi connectivity index (χ0) is 23.4. The van der Waals surface area contributed by atoms with Gasteiger partial charge in [-0.05, 0) is 63.6 Å². The number of furan rings is 1. The minimum Gasteiger partial charge on any atom is -0.469 e. The number of hydrogen-bond donors (Lipinski definition) is 2. The zero-order valence-corrected chi connectivity index (χ0v) is 19.8. The predicted molar refractivity (Wildman–Crippen MR) is 127 cm³/mol. The molecule has 1 aromatic carbocycles. The molecule has 2 aromatic rings. The number of amides is 2. The second-order valence-corrected chi connectivity index (χ2v) is 10.4. The van der Waals surface area contributed by atoms with Gasteiger partial charge in [-0.3, -0.25) is 9.59 Å². The monoisotopic (exact) mass is 452 g/mol. The third kappa shape index (κ3) is 5.85. The molecule has 6 heteroatoms. The fourth-order valence-electron chi connectivity index (χ4n) is 5.68. The van der Waals surface area contributed by atoms with Gasteiger partial charge in [-0.1, -0.05) is 30.3 Å². The van der Waals surface area contributed by atoms with Crippen molar-refractivity contribution in [2.45, 2.75) is 81.8 Å². The molecule has 6 nitrogen and oxygen atoms in total. The van der Waals surface area contributed by atoms with E-state index in [1.54, 1.807) is 6.26 Å². The van der Waals surface area contributed by atoms with E-state index in [-0.39, 0.29) is 22.8 Å². The van der Waals surface area contributed by atoms with Crippen molar-refractivity contribution in [2.75, 3.05) is 13.2 Å². The Morgan fingerprint density at radius 2 is 1.91 bits per heavy atom. The van der Waals surface area contributed by atoms with Crippen LogP contribution in [0.5, 0.6) is 0 Å². The Hall–Kier alpha value is -2.60. The number of benzene rings is 1. The molecule has 0 spiro atoms. The lowest BCUT2D eigenvalue weighted by Crippen LogP contribution is -2.46. The van der Waals surface area contributed by atoms with E-state index in [1.165, 1.54) is 5.56 Å². The average molecular weight is 453 g/mol. The van der Waals surface area contributed by atoms with Gasteiger partial charge in [0.15, 0.2) is 0 Å². The van der Waals surface area contributed by atoms with E-state index in [1.807, 2.05) is 18.2 Å². The number of rotatable bonds is 9. The van der Waals surface area contributed by atoms with Crippen LogP contribution in [0.25, 0.3) is 0 Å². The second kappa shape index (κ2) is 9.72. The Labute approximate surface area is 196 Å². The van der Waals surface area contributed by atoms with Gasteiger partial charge in [0.2, 0.25) is 11.8 Å². The largest absolute Gasteiger partial charge is 0.469 e. The predicted octanol–water partition coefficient (Wildman–Crippen LogP) is 4.28. The van der Waals surface area contributed by atoms with Gasteiger partial charge in [-0.25, -0.2) is 0 Å². The van der Waals surface area contributed by atoms with Gasteiger partial charge in [0.1, 0.15) is 5.76 Å². The van der Waals surface area contributed by atoms with E-state index in [2.05, 4.69) is 48.7 Å². The summed E-state index contributed by atoms with van der Waals surface area (Å²) < 4.78 is 11.5. The maximum atomic E-state index is 12.8. The van der Waals surface area contributed by atoms with Crippen molar-refractivity contribution in [1.29, 1.82) is 0 Å². The van der Waals surface area contributed by atoms with Crippen LogP contribution < -0.4 is 10.6 Å². The first kappa shape index (κ1) is 23.6. The molecule has 0 radical (unpaired) electrons. The minimum absolute atomic E-state index is 0.00374. The lowest BCUT2D eigenvalue weighted by molar-refractivity contribution is -0.123. The van der Waals surface area contributed by atoms with Crippen LogP contribution >= 0.6 is 0 Å². The Balaban J connectivity index is 1.34. The second-order valence-electron chi connectivity index (χ2n) is 10.4. The highest BCUT2D eigenvalue weighted by molar-refractivity contribution is 5.80. The van der Waals surface area contributed by atoms with Crippen LogP contribution in [0.2, 0.25) is 0 Å². The number of carbonyl (C=O) groups excluding carboxylic acids is 2. The van der Waals surface area contributed by atoms with Crippen LogP contribution in [0, 0.1) is 0 Å². The average Bonchev–Trinajstić information content (AvgIpc) is 3.42. The summed E-state index contributed by atoms with van der Waals surface area (Å²) in [4.78, 5) is 24.7. The highest BCUT2D eigenvalue weighted by atomic mass is 16.5.